The smallest absolute Gasteiger partial charge is 0.249 e. The van der Waals surface area contributed by atoms with Gasteiger partial charge in [-0.3, -0.25) is 34.1 Å². The van der Waals surface area contributed by atoms with E-state index >= 15 is 0 Å². The summed E-state index contributed by atoms with van der Waals surface area (Å²) in [5.74, 6) is -1.54. The number of nitrogens with one attached hydrogen (secondary N) is 5. The topological polar surface area (TPSA) is 243 Å². The van der Waals surface area contributed by atoms with Gasteiger partial charge < -0.3 is 32.3 Å². The Morgan fingerprint density at radius 2 is 1.28 bits per heavy atom. The molecule has 0 saturated heterocycles. The summed E-state index contributed by atoms with van der Waals surface area (Å²) < 4.78 is 0. The van der Waals surface area contributed by atoms with Crippen molar-refractivity contribution in [1.29, 1.82) is 5.26 Å². The minimum absolute atomic E-state index is 0.112. The van der Waals surface area contributed by atoms with Crippen molar-refractivity contribution in [3.8, 4) is 28.3 Å². The quantitative estimate of drug-likeness (QED) is 0.0469. The maximum atomic E-state index is 12.9. The van der Waals surface area contributed by atoms with Crippen LogP contribution in [0.2, 0.25) is 0 Å². The van der Waals surface area contributed by atoms with Crippen LogP contribution >= 0.6 is 0 Å². The minimum atomic E-state index is -0.749. The molecule has 318 valence electrons. The Morgan fingerprint density at radius 3 is 1.94 bits per heavy atom. The number of fused-ring (bicyclic) bond motifs is 2. The highest BCUT2D eigenvalue weighted by molar-refractivity contribution is 6.08. The zero-order chi connectivity index (χ0) is 45.2. The van der Waals surface area contributed by atoms with Gasteiger partial charge in [-0.15, -0.1) is 0 Å². The molecule has 2 aromatic carbocycles. The Balaban J connectivity index is 1.12. The maximum absolute atomic E-state index is 12.9. The Labute approximate surface area is 367 Å². The van der Waals surface area contributed by atoms with Gasteiger partial charge in [-0.1, -0.05) is 0 Å². The van der Waals surface area contributed by atoms with Gasteiger partial charge in [0.05, 0.1) is 24.4 Å². The van der Waals surface area contributed by atoms with Crippen LogP contribution in [0.25, 0.3) is 43.8 Å². The van der Waals surface area contributed by atoms with Crippen LogP contribution in [0, 0.1) is 18.3 Å². The van der Waals surface area contributed by atoms with E-state index in [9.17, 15) is 19.2 Å². The minimum Gasteiger partial charge on any atom is -0.398 e. The lowest BCUT2D eigenvalue weighted by molar-refractivity contribution is -0.118. The summed E-state index contributed by atoms with van der Waals surface area (Å²) in [4.78, 5) is 71.9. The number of aromatic nitrogens is 5. The van der Waals surface area contributed by atoms with Gasteiger partial charge in [0.2, 0.25) is 23.6 Å². The Hall–Kier alpha value is -8.84. The summed E-state index contributed by atoms with van der Waals surface area (Å²) in [7, 11) is 0. The van der Waals surface area contributed by atoms with Crippen LogP contribution in [0.1, 0.15) is 31.4 Å². The van der Waals surface area contributed by atoms with Crippen molar-refractivity contribution >= 4 is 73.9 Å². The highest BCUT2D eigenvalue weighted by Gasteiger charge is 2.19. The molecule has 5 aromatic heterocycles. The van der Waals surface area contributed by atoms with E-state index in [1.54, 1.807) is 81.5 Å². The van der Waals surface area contributed by atoms with E-state index in [-0.39, 0.29) is 12.2 Å². The number of hydrogen-bond acceptors (Lipinski definition) is 12. The number of benzene rings is 2. The van der Waals surface area contributed by atoms with E-state index in [1.165, 1.54) is 6.20 Å². The molecule has 0 fully saturated rings. The predicted molar refractivity (Wildman–Crippen MR) is 247 cm³/mol. The number of rotatable bonds is 14. The van der Waals surface area contributed by atoms with E-state index in [2.05, 4.69) is 51.5 Å². The SMILES string of the molecule is Cc1ccncc1-c1cc(NCc2ccncc2-c2cc(N)c3cnc(NC(=O)/C=C\C(=O)NC(C)(C)CC#N)cc3c2)c2cnc(NC(=O)/C=C/C(=O)Nc3cccnc3)cc2c1. The van der Waals surface area contributed by atoms with Crippen LogP contribution in [0.15, 0.2) is 135 Å². The fourth-order valence-electron chi connectivity index (χ4n) is 6.81. The Bertz CT molecular complexity index is 3030. The van der Waals surface area contributed by atoms with Gasteiger partial charge in [-0.2, -0.15) is 5.26 Å². The maximum Gasteiger partial charge on any atom is 0.249 e. The van der Waals surface area contributed by atoms with Crippen LogP contribution in [-0.4, -0.2) is 54.1 Å². The average molecular weight is 851 g/mol. The molecule has 5 heterocycles. The third-order valence-electron chi connectivity index (χ3n) is 9.93. The molecule has 0 aliphatic rings. The third-order valence-corrected chi connectivity index (χ3v) is 9.93. The van der Waals surface area contributed by atoms with E-state index in [1.807, 2.05) is 49.4 Å². The second-order valence-electron chi connectivity index (χ2n) is 15.3. The number of carbonyl (C=O) groups excluding carboxylic acids is 4. The van der Waals surface area contributed by atoms with Crippen molar-refractivity contribution in [2.45, 2.75) is 39.3 Å². The van der Waals surface area contributed by atoms with E-state index < -0.39 is 29.2 Å². The van der Waals surface area contributed by atoms with Crippen molar-refractivity contribution in [3.05, 3.63) is 146 Å². The largest absolute Gasteiger partial charge is 0.398 e. The molecule has 0 aliphatic carbocycles. The highest BCUT2D eigenvalue weighted by Crippen LogP contribution is 2.35. The fraction of sp³-hybridized carbons (Fsp3) is 0.125. The molecule has 0 spiro atoms. The normalized spacial score (nSPS) is 11.3. The van der Waals surface area contributed by atoms with Crippen LogP contribution < -0.4 is 32.3 Å². The number of nitrogens with two attached hydrogens (primary N) is 1. The summed E-state index contributed by atoms with van der Waals surface area (Å²) in [6.45, 7) is 5.81. The van der Waals surface area contributed by atoms with Gasteiger partial charge in [0.25, 0.3) is 0 Å². The zero-order valence-electron chi connectivity index (χ0n) is 35.0. The van der Waals surface area contributed by atoms with E-state index in [0.717, 1.165) is 74.1 Å². The van der Waals surface area contributed by atoms with Crippen LogP contribution in [0.5, 0.6) is 0 Å². The number of hydrogen-bond donors (Lipinski definition) is 6. The van der Waals surface area contributed by atoms with Crippen molar-refractivity contribution in [3.63, 3.8) is 0 Å². The number of aryl methyl sites for hydroxylation is 1. The van der Waals surface area contributed by atoms with Gasteiger partial charge in [0.15, 0.2) is 0 Å². The molecule has 16 heteroatoms. The molecule has 0 atom stereocenters. The van der Waals surface area contributed by atoms with Crippen molar-refractivity contribution in [1.82, 2.24) is 30.2 Å². The standard InChI is InChI=1S/C48H42N12O4/c1-29-10-15-52-25-36(29)32-18-34-22-43(59-45(62)7-6-44(61)57-35-5-4-14-51-24-35)56-28-39(34)41(20-32)54-23-30-11-16-53-26-37(30)31-17-33-21-42(55-27-38(33)40(50)19-31)58-46(63)8-9-47(64)60-48(2,3)12-13-49/h4-11,14-22,24-28,54H,12,23,50H2,1-3H3,(H,57,61)(H,60,64)(H,55,58,63)(H,56,59,62)/b7-6+,9-8-. The molecule has 7 N–H and O–H groups in total. The average Bonchev–Trinajstić information content (AvgIpc) is 3.27. The molecule has 7 aromatic rings. The molecule has 64 heavy (non-hydrogen) atoms. The summed E-state index contributed by atoms with van der Waals surface area (Å²) in [6.07, 6.45) is 17.9. The summed E-state index contributed by atoms with van der Waals surface area (Å²) in [5.41, 5.74) is 12.9. The molecule has 4 amide bonds. The summed E-state index contributed by atoms with van der Waals surface area (Å²) in [5, 5.41) is 26.3. The monoisotopic (exact) mass is 850 g/mol. The first-order chi connectivity index (χ1) is 30.8. The lowest BCUT2D eigenvalue weighted by Gasteiger charge is -2.21. The first-order valence-corrected chi connectivity index (χ1v) is 19.9. The number of nitriles is 1. The molecule has 0 radical (unpaired) electrons. The summed E-state index contributed by atoms with van der Waals surface area (Å²) >= 11 is 0. The molecule has 0 saturated carbocycles. The lowest BCUT2D eigenvalue weighted by Crippen LogP contribution is -2.42. The van der Waals surface area contributed by atoms with Gasteiger partial charge >= 0.3 is 0 Å². The number of anilines is 5. The van der Waals surface area contributed by atoms with Crippen molar-refractivity contribution in [2.75, 3.05) is 27.0 Å². The second kappa shape index (κ2) is 19.3. The van der Waals surface area contributed by atoms with E-state index in [0.29, 0.717) is 34.5 Å². The number of nitrogen functional groups attached to an aromatic ring is 1. The lowest BCUT2D eigenvalue weighted by atomic mass is 9.97. The zero-order valence-corrected chi connectivity index (χ0v) is 35.0. The molecule has 0 aliphatic heterocycles. The van der Waals surface area contributed by atoms with Crippen LogP contribution in [0.4, 0.5) is 28.7 Å². The molecule has 16 nitrogen and oxygen atoms in total. The number of carbonyl (C=O) groups is 4. The Kier molecular flexibility index (Phi) is 13.0. The molecule has 7 rings (SSSR count). The summed E-state index contributed by atoms with van der Waals surface area (Å²) in [6, 6.07) is 20.5. The highest BCUT2D eigenvalue weighted by atomic mass is 16.2. The van der Waals surface area contributed by atoms with Crippen molar-refractivity contribution < 1.29 is 19.2 Å². The number of pyridine rings is 5. The van der Waals surface area contributed by atoms with Crippen LogP contribution in [0.3, 0.4) is 0 Å². The molecule has 0 bridgehead atoms. The number of nitrogens with zero attached hydrogens (tertiary/aromatic N) is 6. The molecule has 0 unspecified atom stereocenters. The fourth-order valence-corrected chi connectivity index (χ4v) is 6.81. The first-order valence-electron chi connectivity index (χ1n) is 19.9. The van der Waals surface area contributed by atoms with Crippen molar-refractivity contribution in [2.24, 2.45) is 0 Å². The van der Waals surface area contributed by atoms with Gasteiger partial charge in [0, 0.05) is 113 Å². The third kappa shape index (κ3) is 10.9. The number of amides is 4. The van der Waals surface area contributed by atoms with Crippen LogP contribution in [-0.2, 0) is 25.7 Å². The van der Waals surface area contributed by atoms with Gasteiger partial charge in [-0.05, 0) is 114 Å². The van der Waals surface area contributed by atoms with Gasteiger partial charge in [-0.25, -0.2) is 9.97 Å². The second-order valence-corrected chi connectivity index (χ2v) is 15.3. The molecular weight excluding hydrogens is 809 g/mol. The molecular formula is C48H42N12O4. The first kappa shape index (κ1) is 43.3. The predicted octanol–water partition coefficient (Wildman–Crippen LogP) is 7.24. The van der Waals surface area contributed by atoms with E-state index in [4.69, 9.17) is 11.0 Å². The Morgan fingerprint density at radius 1 is 0.688 bits per heavy atom. The van der Waals surface area contributed by atoms with Gasteiger partial charge in [0.1, 0.15) is 11.6 Å².